The van der Waals surface area contributed by atoms with E-state index in [1.54, 1.807) is 18.2 Å². The average Bonchev–Trinajstić information content (AvgIpc) is 3.28. The summed E-state index contributed by atoms with van der Waals surface area (Å²) in [5.74, 6) is 0.816. The molecule has 0 unspecified atom stereocenters. The third-order valence-electron chi connectivity index (χ3n) is 4.43. The topological polar surface area (TPSA) is 84.6 Å². The van der Waals surface area contributed by atoms with Gasteiger partial charge in [0.25, 0.3) is 5.91 Å². The van der Waals surface area contributed by atoms with Crippen LogP contribution in [0.2, 0.25) is 0 Å². The van der Waals surface area contributed by atoms with E-state index < -0.39 is 0 Å². The number of carbonyl (C=O) groups is 1. The number of phenols is 1. The molecule has 1 heterocycles. The van der Waals surface area contributed by atoms with Crippen LogP contribution < -0.4 is 10.1 Å². The van der Waals surface area contributed by atoms with Gasteiger partial charge in [0.2, 0.25) is 5.89 Å². The molecule has 30 heavy (non-hydrogen) atoms. The van der Waals surface area contributed by atoms with E-state index in [0.29, 0.717) is 23.8 Å². The highest BCUT2D eigenvalue weighted by atomic mass is 16.5. The van der Waals surface area contributed by atoms with Crippen molar-refractivity contribution in [3.63, 3.8) is 0 Å². The Morgan fingerprint density at radius 1 is 0.967 bits per heavy atom. The number of rotatable bonds is 7. The first-order valence-electron chi connectivity index (χ1n) is 9.46. The first kappa shape index (κ1) is 19.3. The minimum atomic E-state index is -0.357. The Labute approximate surface area is 173 Å². The molecule has 1 amide bonds. The van der Waals surface area contributed by atoms with Crippen LogP contribution in [0.4, 0.5) is 0 Å². The van der Waals surface area contributed by atoms with Gasteiger partial charge in [-0.2, -0.15) is 0 Å². The maximum absolute atomic E-state index is 12.4. The maximum Gasteiger partial charge on any atom is 0.273 e. The monoisotopic (exact) mass is 400 g/mol. The number of nitrogens with zero attached hydrogens (tertiary/aromatic N) is 1. The second kappa shape index (κ2) is 8.96. The molecule has 150 valence electrons. The number of benzene rings is 3. The van der Waals surface area contributed by atoms with E-state index in [0.717, 1.165) is 11.1 Å². The normalized spacial score (nSPS) is 10.5. The summed E-state index contributed by atoms with van der Waals surface area (Å²) >= 11 is 0. The molecule has 0 aliphatic heterocycles. The summed E-state index contributed by atoms with van der Waals surface area (Å²) < 4.78 is 11.3. The van der Waals surface area contributed by atoms with Crippen LogP contribution in [0.25, 0.3) is 11.5 Å². The van der Waals surface area contributed by atoms with Crippen LogP contribution in [0.1, 0.15) is 21.6 Å². The van der Waals surface area contributed by atoms with Gasteiger partial charge in [-0.25, -0.2) is 4.98 Å². The highest BCUT2D eigenvalue weighted by Crippen LogP contribution is 2.24. The molecule has 4 rings (SSSR count). The number of nitrogens with one attached hydrogen (secondary N) is 1. The average molecular weight is 400 g/mol. The van der Waals surface area contributed by atoms with E-state index in [-0.39, 0.29) is 23.9 Å². The molecule has 1 aromatic heterocycles. The summed E-state index contributed by atoms with van der Waals surface area (Å²) in [6.07, 6.45) is 1.32. The van der Waals surface area contributed by atoms with Crippen molar-refractivity contribution in [1.82, 2.24) is 10.3 Å². The molecule has 0 radical (unpaired) electrons. The predicted molar refractivity (Wildman–Crippen MR) is 112 cm³/mol. The van der Waals surface area contributed by atoms with Crippen LogP contribution in [0.3, 0.4) is 0 Å². The van der Waals surface area contributed by atoms with Crippen LogP contribution in [0.5, 0.6) is 11.5 Å². The molecule has 2 N–H and O–H groups in total. The lowest BCUT2D eigenvalue weighted by Gasteiger charge is -2.07. The van der Waals surface area contributed by atoms with E-state index in [9.17, 15) is 9.90 Å². The van der Waals surface area contributed by atoms with E-state index in [1.807, 2.05) is 60.7 Å². The first-order chi connectivity index (χ1) is 14.7. The van der Waals surface area contributed by atoms with Gasteiger partial charge in [0.1, 0.15) is 24.4 Å². The van der Waals surface area contributed by atoms with Crippen LogP contribution in [0, 0.1) is 0 Å². The molecule has 0 bridgehead atoms. The van der Waals surface area contributed by atoms with E-state index in [2.05, 4.69) is 10.3 Å². The van der Waals surface area contributed by atoms with Gasteiger partial charge in [-0.05, 0) is 41.5 Å². The minimum Gasteiger partial charge on any atom is -0.508 e. The molecule has 0 aliphatic rings. The smallest absolute Gasteiger partial charge is 0.273 e. The van der Waals surface area contributed by atoms with Gasteiger partial charge in [0.15, 0.2) is 5.69 Å². The lowest BCUT2D eigenvalue weighted by atomic mass is 10.2. The van der Waals surface area contributed by atoms with Gasteiger partial charge >= 0.3 is 0 Å². The largest absolute Gasteiger partial charge is 0.508 e. The van der Waals surface area contributed by atoms with Crippen molar-refractivity contribution in [3.05, 3.63) is 102 Å². The Balaban J connectivity index is 1.40. The van der Waals surface area contributed by atoms with E-state index >= 15 is 0 Å². The van der Waals surface area contributed by atoms with Gasteiger partial charge < -0.3 is 19.6 Å². The second-order valence-corrected chi connectivity index (χ2v) is 6.69. The summed E-state index contributed by atoms with van der Waals surface area (Å²) in [6.45, 7) is 0.733. The van der Waals surface area contributed by atoms with Crippen molar-refractivity contribution in [2.45, 2.75) is 13.2 Å². The molecule has 0 saturated heterocycles. The third-order valence-corrected chi connectivity index (χ3v) is 4.43. The van der Waals surface area contributed by atoms with Gasteiger partial charge in [-0.3, -0.25) is 4.79 Å². The van der Waals surface area contributed by atoms with Crippen molar-refractivity contribution in [1.29, 1.82) is 0 Å². The molecule has 0 aliphatic carbocycles. The molecule has 0 atom stereocenters. The summed E-state index contributed by atoms with van der Waals surface area (Å²) in [7, 11) is 0. The SMILES string of the molecule is O=C(NCc1cccc(O)c1)c1coc(-c2cccc(OCc3ccccc3)c2)n1. The zero-order chi connectivity index (χ0) is 20.8. The van der Waals surface area contributed by atoms with Crippen LogP contribution >= 0.6 is 0 Å². The van der Waals surface area contributed by atoms with Gasteiger partial charge in [0.05, 0.1) is 0 Å². The summed E-state index contributed by atoms with van der Waals surface area (Å²) in [5.41, 5.74) is 2.76. The Morgan fingerprint density at radius 2 is 1.77 bits per heavy atom. The number of carbonyl (C=O) groups excluding carboxylic acids is 1. The van der Waals surface area contributed by atoms with Crippen molar-refractivity contribution in [2.75, 3.05) is 0 Å². The standard InChI is InChI=1S/C24H20N2O4/c27-20-10-4-8-18(12-20)14-25-23(28)22-16-30-24(26-22)19-9-5-11-21(13-19)29-15-17-6-2-1-3-7-17/h1-13,16,27H,14-15H2,(H,25,28). The van der Waals surface area contributed by atoms with Gasteiger partial charge in [0, 0.05) is 12.1 Å². The Bertz CT molecular complexity index is 1140. The summed E-state index contributed by atoms with van der Waals surface area (Å²) in [6, 6.07) is 24.0. The minimum absolute atomic E-state index is 0.153. The molecule has 6 heteroatoms. The number of ether oxygens (including phenoxy) is 1. The lowest BCUT2D eigenvalue weighted by molar-refractivity contribution is 0.0946. The fraction of sp³-hybridized carbons (Fsp3) is 0.0833. The van der Waals surface area contributed by atoms with Crippen LogP contribution in [-0.2, 0) is 13.2 Å². The molecule has 0 fully saturated rings. The Hall–Kier alpha value is -4.06. The molecule has 4 aromatic rings. The number of hydrogen-bond acceptors (Lipinski definition) is 5. The first-order valence-corrected chi connectivity index (χ1v) is 9.46. The van der Waals surface area contributed by atoms with Crippen molar-refractivity contribution >= 4 is 5.91 Å². The lowest BCUT2D eigenvalue weighted by Crippen LogP contribution is -2.23. The van der Waals surface area contributed by atoms with Crippen LogP contribution in [0.15, 0.2) is 89.5 Å². The Kier molecular flexibility index (Phi) is 5.75. The molecule has 0 saturated carbocycles. The fourth-order valence-electron chi connectivity index (χ4n) is 2.91. The number of amides is 1. The van der Waals surface area contributed by atoms with Gasteiger partial charge in [-0.15, -0.1) is 0 Å². The highest BCUT2D eigenvalue weighted by Gasteiger charge is 2.14. The van der Waals surface area contributed by atoms with Crippen molar-refractivity contribution in [2.24, 2.45) is 0 Å². The third kappa shape index (κ3) is 4.86. The zero-order valence-electron chi connectivity index (χ0n) is 16.1. The van der Waals surface area contributed by atoms with E-state index in [1.165, 1.54) is 6.26 Å². The number of phenolic OH excluding ortho intramolecular Hbond substituents is 1. The van der Waals surface area contributed by atoms with Crippen molar-refractivity contribution < 1.29 is 19.1 Å². The molecular formula is C24H20N2O4. The molecule has 6 nitrogen and oxygen atoms in total. The molecule has 3 aromatic carbocycles. The Morgan fingerprint density at radius 3 is 2.60 bits per heavy atom. The van der Waals surface area contributed by atoms with Crippen molar-refractivity contribution in [3.8, 4) is 23.0 Å². The maximum atomic E-state index is 12.4. The van der Waals surface area contributed by atoms with Gasteiger partial charge in [-0.1, -0.05) is 48.5 Å². The quantitative estimate of drug-likeness (QED) is 0.475. The van der Waals surface area contributed by atoms with Crippen LogP contribution in [-0.4, -0.2) is 16.0 Å². The number of hydrogen-bond donors (Lipinski definition) is 2. The number of aromatic hydroxyl groups is 1. The molecule has 0 spiro atoms. The summed E-state index contributed by atoms with van der Waals surface area (Å²) in [5, 5.41) is 12.3. The second-order valence-electron chi connectivity index (χ2n) is 6.69. The number of oxazole rings is 1. The van der Waals surface area contributed by atoms with E-state index in [4.69, 9.17) is 9.15 Å². The predicted octanol–water partition coefficient (Wildman–Crippen LogP) is 4.56. The fourth-order valence-corrected chi connectivity index (χ4v) is 2.91. The highest BCUT2D eigenvalue weighted by molar-refractivity contribution is 5.92. The summed E-state index contributed by atoms with van der Waals surface area (Å²) in [4.78, 5) is 16.6. The molecular weight excluding hydrogens is 380 g/mol. The zero-order valence-corrected chi connectivity index (χ0v) is 16.1. The number of aromatic nitrogens is 1.